The Kier molecular flexibility index (Phi) is 4.97. The van der Waals surface area contributed by atoms with Crippen molar-refractivity contribution >= 4 is 29.7 Å². The molecule has 9 heteroatoms. The van der Waals surface area contributed by atoms with Gasteiger partial charge in [-0.05, 0) is 19.8 Å². The first kappa shape index (κ1) is 16.9. The molecule has 1 aliphatic heterocycles. The second kappa shape index (κ2) is 6.76. The van der Waals surface area contributed by atoms with Crippen molar-refractivity contribution in [2.24, 2.45) is 17.6 Å². The van der Waals surface area contributed by atoms with Gasteiger partial charge in [-0.1, -0.05) is 12.8 Å². The lowest BCUT2D eigenvalue weighted by Crippen LogP contribution is -2.44. The first-order valence-corrected chi connectivity index (χ1v) is 7.46. The maximum Gasteiger partial charge on any atom is 0.326 e. The molecule has 0 aromatic rings. The topological polar surface area (TPSA) is 136 Å². The minimum absolute atomic E-state index is 0.348. The molecular formula is C14H19N3O6. The molecule has 2 fully saturated rings. The Balaban J connectivity index is 1.92. The average molecular weight is 325 g/mol. The Morgan fingerprint density at radius 3 is 2.22 bits per heavy atom. The number of ether oxygens (including phenoxy) is 1. The summed E-state index contributed by atoms with van der Waals surface area (Å²) in [5, 5.41) is 1.77. The molecule has 126 valence electrons. The van der Waals surface area contributed by atoms with Crippen molar-refractivity contribution in [2.45, 2.75) is 38.7 Å². The summed E-state index contributed by atoms with van der Waals surface area (Å²) in [6.07, 6.45) is 1.83. The zero-order valence-corrected chi connectivity index (χ0v) is 12.7. The lowest BCUT2D eigenvalue weighted by Gasteiger charge is -2.19. The van der Waals surface area contributed by atoms with Crippen LogP contribution in [0.3, 0.4) is 0 Å². The maximum atomic E-state index is 12.2. The Morgan fingerprint density at radius 1 is 1.22 bits per heavy atom. The second-order valence-corrected chi connectivity index (χ2v) is 5.75. The van der Waals surface area contributed by atoms with E-state index in [0.717, 1.165) is 17.7 Å². The molecule has 5 amide bonds. The van der Waals surface area contributed by atoms with Crippen molar-refractivity contribution in [3.8, 4) is 0 Å². The summed E-state index contributed by atoms with van der Waals surface area (Å²) in [6, 6.07) is -1.06. The lowest BCUT2D eigenvalue weighted by molar-refractivity contribution is -0.159. The molecule has 2 aliphatic rings. The van der Waals surface area contributed by atoms with Crippen molar-refractivity contribution in [2.75, 3.05) is 6.54 Å². The highest BCUT2D eigenvalue weighted by molar-refractivity contribution is 6.07. The van der Waals surface area contributed by atoms with E-state index in [0.29, 0.717) is 12.8 Å². The minimum Gasteiger partial charge on any atom is -0.451 e. The molecule has 0 aromatic carbocycles. The molecule has 3 atom stereocenters. The number of nitrogens with two attached hydrogens (primary N) is 1. The predicted molar refractivity (Wildman–Crippen MR) is 75.4 cm³/mol. The molecule has 0 bridgehead atoms. The molecule has 9 nitrogen and oxygen atoms in total. The number of fused-ring (bicyclic) bond motifs is 1. The molecule has 1 heterocycles. The van der Waals surface area contributed by atoms with E-state index < -0.39 is 30.6 Å². The summed E-state index contributed by atoms with van der Waals surface area (Å²) in [6.45, 7) is 0.725. The number of carbonyl (C=O) groups excluding carboxylic acids is 5. The van der Waals surface area contributed by atoms with Gasteiger partial charge in [-0.2, -0.15) is 0 Å². The second-order valence-electron chi connectivity index (χ2n) is 5.75. The Bertz CT molecular complexity index is 537. The van der Waals surface area contributed by atoms with E-state index in [-0.39, 0.29) is 23.7 Å². The van der Waals surface area contributed by atoms with Crippen molar-refractivity contribution in [1.29, 1.82) is 0 Å². The normalized spacial score (nSPS) is 24.8. The third-order valence-corrected chi connectivity index (χ3v) is 4.14. The molecule has 3 N–H and O–H groups in total. The van der Waals surface area contributed by atoms with Crippen LogP contribution in [0.2, 0.25) is 0 Å². The largest absolute Gasteiger partial charge is 0.451 e. The van der Waals surface area contributed by atoms with E-state index in [1.54, 1.807) is 5.32 Å². The predicted octanol–water partition coefficient (Wildman–Crippen LogP) is -0.712. The number of likely N-dealkylation sites (tertiary alicyclic amines) is 1. The first-order chi connectivity index (χ1) is 10.8. The van der Waals surface area contributed by atoms with Crippen LogP contribution in [0.1, 0.15) is 32.6 Å². The van der Waals surface area contributed by atoms with Crippen LogP contribution in [0.5, 0.6) is 0 Å². The van der Waals surface area contributed by atoms with Crippen molar-refractivity contribution in [3.05, 3.63) is 0 Å². The van der Waals surface area contributed by atoms with E-state index in [1.807, 2.05) is 0 Å². The first-order valence-electron chi connectivity index (χ1n) is 7.46. The highest BCUT2D eigenvalue weighted by Gasteiger charge is 2.48. The maximum absolute atomic E-state index is 12.2. The summed E-state index contributed by atoms with van der Waals surface area (Å²) in [7, 11) is 0. The molecular weight excluding hydrogens is 306 g/mol. The Hall–Kier alpha value is -2.45. The van der Waals surface area contributed by atoms with Gasteiger partial charge in [-0.15, -0.1) is 0 Å². The van der Waals surface area contributed by atoms with E-state index in [1.165, 1.54) is 6.92 Å². The summed E-state index contributed by atoms with van der Waals surface area (Å²) in [5.74, 6) is -3.17. The summed E-state index contributed by atoms with van der Waals surface area (Å²) in [5.41, 5.74) is 4.79. The molecule has 0 aromatic heterocycles. The standard InChI is InChI=1S/C14H19N3O6/c1-7(11(19)16-14(15)22)23-10(18)6-17-12(20)8-4-2-3-5-9(8)13(17)21/h7-9H,2-6H2,1H3,(H3,15,16,19,22)/t7-,8-,9+/m0/s1. The Labute approximate surface area is 132 Å². The van der Waals surface area contributed by atoms with E-state index in [2.05, 4.69) is 0 Å². The highest BCUT2D eigenvalue weighted by atomic mass is 16.5. The van der Waals surface area contributed by atoms with E-state index in [4.69, 9.17) is 10.5 Å². The monoisotopic (exact) mass is 325 g/mol. The number of imide groups is 2. The van der Waals surface area contributed by atoms with Crippen LogP contribution >= 0.6 is 0 Å². The van der Waals surface area contributed by atoms with Crippen molar-refractivity contribution in [1.82, 2.24) is 10.2 Å². The number of hydrogen-bond donors (Lipinski definition) is 2. The van der Waals surface area contributed by atoms with Crippen molar-refractivity contribution in [3.63, 3.8) is 0 Å². The third-order valence-electron chi connectivity index (χ3n) is 4.14. The fraction of sp³-hybridized carbons (Fsp3) is 0.643. The van der Waals surface area contributed by atoms with Crippen LogP contribution in [0.15, 0.2) is 0 Å². The quantitative estimate of drug-likeness (QED) is 0.517. The fourth-order valence-electron chi connectivity index (χ4n) is 3.03. The Morgan fingerprint density at radius 2 is 1.74 bits per heavy atom. The molecule has 23 heavy (non-hydrogen) atoms. The molecule has 0 unspecified atom stereocenters. The summed E-state index contributed by atoms with van der Waals surface area (Å²) in [4.78, 5) is 59.1. The van der Waals surface area contributed by atoms with Crippen LogP contribution in [-0.4, -0.2) is 47.3 Å². The lowest BCUT2D eigenvalue weighted by atomic mass is 9.81. The van der Waals surface area contributed by atoms with Gasteiger partial charge in [0.1, 0.15) is 6.54 Å². The molecule has 0 spiro atoms. The fourth-order valence-corrected chi connectivity index (χ4v) is 3.03. The van der Waals surface area contributed by atoms with Gasteiger partial charge in [0.05, 0.1) is 11.8 Å². The van der Waals surface area contributed by atoms with Gasteiger partial charge in [0.15, 0.2) is 6.10 Å². The number of amides is 5. The average Bonchev–Trinajstić information content (AvgIpc) is 2.72. The number of urea groups is 1. The van der Waals surface area contributed by atoms with Gasteiger partial charge >= 0.3 is 12.0 Å². The summed E-state index contributed by atoms with van der Waals surface area (Å²) >= 11 is 0. The zero-order valence-electron chi connectivity index (χ0n) is 12.7. The number of nitrogens with zero attached hydrogens (tertiary/aromatic N) is 1. The van der Waals surface area contributed by atoms with Gasteiger partial charge in [0, 0.05) is 0 Å². The van der Waals surface area contributed by atoms with E-state index in [9.17, 15) is 24.0 Å². The smallest absolute Gasteiger partial charge is 0.326 e. The van der Waals surface area contributed by atoms with Gasteiger partial charge in [-0.3, -0.25) is 29.4 Å². The molecule has 2 rings (SSSR count). The van der Waals surface area contributed by atoms with E-state index >= 15 is 0 Å². The SMILES string of the molecule is C[C@H](OC(=O)CN1C(=O)[C@H]2CCCC[C@H]2C1=O)C(=O)NC(N)=O. The van der Waals surface area contributed by atoms with Crippen LogP contribution in [-0.2, 0) is 23.9 Å². The van der Waals surface area contributed by atoms with Crippen LogP contribution in [0, 0.1) is 11.8 Å². The minimum atomic E-state index is -1.26. The van der Waals surface area contributed by atoms with Gasteiger partial charge in [0.25, 0.3) is 5.91 Å². The highest BCUT2D eigenvalue weighted by Crippen LogP contribution is 2.37. The number of nitrogens with one attached hydrogen (secondary N) is 1. The number of esters is 1. The van der Waals surface area contributed by atoms with Crippen molar-refractivity contribution < 1.29 is 28.7 Å². The van der Waals surface area contributed by atoms with Crippen LogP contribution in [0.25, 0.3) is 0 Å². The molecule has 1 saturated heterocycles. The summed E-state index contributed by atoms with van der Waals surface area (Å²) < 4.78 is 4.82. The molecule has 0 radical (unpaired) electrons. The number of hydrogen-bond acceptors (Lipinski definition) is 6. The van der Waals surface area contributed by atoms with Crippen LogP contribution < -0.4 is 11.1 Å². The van der Waals surface area contributed by atoms with Gasteiger partial charge in [-0.25, -0.2) is 4.79 Å². The molecule has 1 aliphatic carbocycles. The van der Waals surface area contributed by atoms with Gasteiger partial charge in [0.2, 0.25) is 11.8 Å². The van der Waals surface area contributed by atoms with Crippen LogP contribution in [0.4, 0.5) is 4.79 Å². The number of carbonyl (C=O) groups is 5. The zero-order chi connectivity index (χ0) is 17.1. The third kappa shape index (κ3) is 3.66. The molecule has 1 saturated carbocycles. The van der Waals surface area contributed by atoms with Gasteiger partial charge < -0.3 is 10.5 Å². The number of rotatable bonds is 4. The number of primary amides is 1.